The Morgan fingerprint density at radius 1 is 1.35 bits per heavy atom. The Bertz CT molecular complexity index is 438. The fraction of sp³-hybridized carbons (Fsp3) is 0.571. The lowest BCUT2D eigenvalue weighted by atomic mass is 10.2. The highest BCUT2D eigenvalue weighted by Crippen LogP contribution is 2.35. The number of para-hydroxylation sites is 1. The van der Waals surface area contributed by atoms with Gasteiger partial charge < -0.3 is 15.0 Å². The molecule has 0 heterocycles. The van der Waals surface area contributed by atoms with Gasteiger partial charge in [-0.1, -0.05) is 6.07 Å². The summed E-state index contributed by atoms with van der Waals surface area (Å²) in [5.41, 5.74) is 1.33. The lowest BCUT2D eigenvalue weighted by Gasteiger charge is -2.23. The maximum atomic E-state index is 11.4. The van der Waals surface area contributed by atoms with E-state index < -0.39 is 0 Å². The highest BCUT2D eigenvalue weighted by atomic mass is 16.6. The largest absolute Gasteiger partial charge is 0.380 e. The Labute approximate surface area is 119 Å². The quantitative estimate of drug-likeness (QED) is 0.428. The molecule has 0 aliphatic carbocycles. The smallest absolute Gasteiger partial charge is 0.315 e. The van der Waals surface area contributed by atoms with Crippen molar-refractivity contribution in [1.29, 1.82) is 0 Å². The molecule has 1 rings (SSSR count). The van der Waals surface area contributed by atoms with Gasteiger partial charge in [0, 0.05) is 26.2 Å². The first-order valence-electron chi connectivity index (χ1n) is 6.99. The third-order valence-electron chi connectivity index (χ3n) is 3.00. The predicted molar refractivity (Wildman–Crippen MR) is 81.6 cm³/mol. The number of anilines is 2. The van der Waals surface area contributed by atoms with Crippen LogP contribution in [-0.2, 0) is 4.74 Å². The third-order valence-corrected chi connectivity index (χ3v) is 3.00. The van der Waals surface area contributed by atoms with Crippen LogP contribution in [-0.4, -0.2) is 37.8 Å². The molecular weight excluding hydrogens is 258 g/mol. The number of ether oxygens (including phenoxy) is 1. The van der Waals surface area contributed by atoms with E-state index in [4.69, 9.17) is 4.74 Å². The molecule has 0 atom stereocenters. The molecule has 1 N–H and O–H groups in total. The van der Waals surface area contributed by atoms with Crippen molar-refractivity contribution in [2.24, 2.45) is 0 Å². The summed E-state index contributed by atoms with van der Waals surface area (Å²) in [6.45, 7) is 9.03. The Morgan fingerprint density at radius 3 is 2.65 bits per heavy atom. The molecule has 112 valence electrons. The highest BCUT2D eigenvalue weighted by Gasteiger charge is 2.22. The first-order chi connectivity index (χ1) is 9.65. The van der Waals surface area contributed by atoms with Crippen molar-refractivity contribution in [1.82, 2.24) is 0 Å². The van der Waals surface area contributed by atoms with E-state index in [9.17, 15) is 10.1 Å². The molecular formula is C14H23N3O3. The van der Waals surface area contributed by atoms with Gasteiger partial charge in [-0.15, -0.1) is 0 Å². The Kier molecular flexibility index (Phi) is 6.79. The third kappa shape index (κ3) is 4.09. The van der Waals surface area contributed by atoms with Crippen molar-refractivity contribution >= 4 is 17.1 Å². The van der Waals surface area contributed by atoms with Crippen molar-refractivity contribution < 1.29 is 9.66 Å². The zero-order valence-corrected chi connectivity index (χ0v) is 12.4. The second kappa shape index (κ2) is 8.37. The van der Waals surface area contributed by atoms with E-state index in [1.807, 2.05) is 31.7 Å². The van der Waals surface area contributed by atoms with E-state index >= 15 is 0 Å². The van der Waals surface area contributed by atoms with Crippen molar-refractivity contribution in [2.45, 2.75) is 20.8 Å². The minimum Gasteiger partial charge on any atom is -0.380 e. The summed E-state index contributed by atoms with van der Waals surface area (Å²) in [5, 5.41) is 14.4. The van der Waals surface area contributed by atoms with Crippen molar-refractivity contribution in [3.63, 3.8) is 0 Å². The van der Waals surface area contributed by atoms with Crippen molar-refractivity contribution in [3.8, 4) is 0 Å². The van der Waals surface area contributed by atoms with Crippen LogP contribution < -0.4 is 10.2 Å². The van der Waals surface area contributed by atoms with Crippen LogP contribution >= 0.6 is 0 Å². The number of likely N-dealkylation sites (N-methyl/N-ethyl adjacent to an activating group) is 1. The number of nitrogens with one attached hydrogen (secondary N) is 1. The summed E-state index contributed by atoms with van der Waals surface area (Å²) in [4.78, 5) is 13.0. The van der Waals surface area contributed by atoms with Gasteiger partial charge in [0.2, 0.25) is 0 Å². The van der Waals surface area contributed by atoms with E-state index in [-0.39, 0.29) is 10.6 Å². The average Bonchev–Trinajstić information content (AvgIpc) is 2.43. The average molecular weight is 281 g/mol. The van der Waals surface area contributed by atoms with Crippen LogP contribution in [0, 0.1) is 10.1 Å². The molecule has 0 aromatic heterocycles. The van der Waals surface area contributed by atoms with Gasteiger partial charge in [0.15, 0.2) is 0 Å². The number of benzene rings is 1. The van der Waals surface area contributed by atoms with E-state index in [1.54, 1.807) is 12.1 Å². The maximum Gasteiger partial charge on any atom is 0.315 e. The SMILES string of the molecule is CCNc1cccc(N(CC)CCOCC)c1[N+](=O)[O-]. The Balaban J connectivity index is 3.07. The Hall–Kier alpha value is -1.82. The number of hydrogen-bond donors (Lipinski definition) is 1. The zero-order valence-electron chi connectivity index (χ0n) is 12.4. The fourth-order valence-corrected chi connectivity index (χ4v) is 2.08. The molecule has 0 unspecified atom stereocenters. The van der Waals surface area contributed by atoms with Gasteiger partial charge in [-0.3, -0.25) is 10.1 Å². The summed E-state index contributed by atoms with van der Waals surface area (Å²) >= 11 is 0. The van der Waals surface area contributed by atoms with Crippen LogP contribution in [0.5, 0.6) is 0 Å². The summed E-state index contributed by atoms with van der Waals surface area (Å²) in [5.74, 6) is 0. The Morgan fingerprint density at radius 2 is 2.10 bits per heavy atom. The molecule has 0 amide bonds. The summed E-state index contributed by atoms with van der Waals surface area (Å²) in [6.07, 6.45) is 0. The molecule has 0 aliphatic rings. The summed E-state index contributed by atoms with van der Waals surface area (Å²) in [6, 6.07) is 5.36. The normalized spacial score (nSPS) is 10.3. The van der Waals surface area contributed by atoms with Crippen LogP contribution in [0.1, 0.15) is 20.8 Å². The first kappa shape index (κ1) is 16.2. The molecule has 0 spiro atoms. The molecule has 20 heavy (non-hydrogen) atoms. The monoisotopic (exact) mass is 281 g/mol. The first-order valence-corrected chi connectivity index (χ1v) is 6.99. The van der Waals surface area contributed by atoms with Gasteiger partial charge in [-0.25, -0.2) is 0 Å². The molecule has 1 aromatic carbocycles. The molecule has 0 saturated carbocycles. The number of nitro benzene ring substituents is 1. The van der Waals surface area contributed by atoms with Crippen molar-refractivity contribution in [3.05, 3.63) is 28.3 Å². The van der Waals surface area contributed by atoms with E-state index in [0.717, 1.165) is 0 Å². The number of nitro groups is 1. The van der Waals surface area contributed by atoms with Crippen LogP contribution in [0.3, 0.4) is 0 Å². The number of rotatable bonds is 9. The number of nitrogens with zero attached hydrogens (tertiary/aromatic N) is 2. The molecule has 0 aliphatic heterocycles. The van der Waals surface area contributed by atoms with Crippen LogP contribution in [0.2, 0.25) is 0 Å². The molecule has 1 aromatic rings. The molecule has 0 radical (unpaired) electrons. The molecule has 0 saturated heterocycles. The van der Waals surface area contributed by atoms with E-state index in [0.29, 0.717) is 44.2 Å². The predicted octanol–water partition coefficient (Wildman–Crippen LogP) is 2.89. The molecule has 6 heteroatoms. The van der Waals surface area contributed by atoms with Gasteiger partial charge in [0.05, 0.1) is 11.5 Å². The standard InChI is InChI=1S/C14H23N3O3/c1-4-15-12-8-7-9-13(14(12)17(18)19)16(5-2)10-11-20-6-3/h7-9,15H,4-6,10-11H2,1-3H3. The fourth-order valence-electron chi connectivity index (χ4n) is 2.08. The molecule has 6 nitrogen and oxygen atoms in total. The minimum absolute atomic E-state index is 0.132. The van der Waals surface area contributed by atoms with Crippen LogP contribution in [0.4, 0.5) is 17.1 Å². The zero-order chi connectivity index (χ0) is 15.0. The van der Waals surface area contributed by atoms with Crippen molar-refractivity contribution in [2.75, 3.05) is 43.1 Å². The lowest BCUT2D eigenvalue weighted by Crippen LogP contribution is -2.28. The second-order valence-electron chi connectivity index (χ2n) is 4.24. The molecule has 0 bridgehead atoms. The maximum absolute atomic E-state index is 11.4. The van der Waals surface area contributed by atoms with Gasteiger partial charge in [-0.2, -0.15) is 0 Å². The summed E-state index contributed by atoms with van der Waals surface area (Å²) < 4.78 is 5.34. The minimum atomic E-state index is -0.323. The van der Waals surface area contributed by atoms with Crippen LogP contribution in [0.25, 0.3) is 0 Å². The van der Waals surface area contributed by atoms with E-state index in [2.05, 4.69) is 5.32 Å². The van der Waals surface area contributed by atoms with Gasteiger partial charge in [0.25, 0.3) is 0 Å². The summed E-state index contributed by atoms with van der Waals surface area (Å²) in [7, 11) is 0. The highest BCUT2D eigenvalue weighted by molar-refractivity contribution is 5.77. The van der Waals surface area contributed by atoms with Gasteiger partial charge in [-0.05, 0) is 32.9 Å². The van der Waals surface area contributed by atoms with Gasteiger partial charge in [0.1, 0.15) is 11.4 Å². The van der Waals surface area contributed by atoms with E-state index in [1.165, 1.54) is 0 Å². The van der Waals surface area contributed by atoms with Crippen LogP contribution in [0.15, 0.2) is 18.2 Å². The molecule has 0 fully saturated rings. The van der Waals surface area contributed by atoms with Gasteiger partial charge >= 0.3 is 5.69 Å². The lowest BCUT2D eigenvalue weighted by molar-refractivity contribution is -0.383. The topological polar surface area (TPSA) is 67.6 Å². The number of hydrogen-bond acceptors (Lipinski definition) is 5. The second-order valence-corrected chi connectivity index (χ2v) is 4.24.